The third-order valence-electron chi connectivity index (χ3n) is 7.12. The zero-order chi connectivity index (χ0) is 27.5. The molecule has 0 unspecified atom stereocenters. The van der Waals surface area contributed by atoms with E-state index in [2.05, 4.69) is 45.4 Å². The van der Waals surface area contributed by atoms with Crippen LogP contribution in [0.4, 0.5) is 4.79 Å². The monoisotopic (exact) mass is 524 g/mol. The van der Waals surface area contributed by atoms with Crippen molar-refractivity contribution in [2.75, 3.05) is 32.7 Å². The van der Waals surface area contributed by atoms with Crippen molar-refractivity contribution in [1.82, 2.24) is 20.0 Å². The minimum atomic E-state index is -0.460. The second kappa shape index (κ2) is 11.5. The number of carbonyl (C=O) groups excluding carboxylic acids is 2. The average Bonchev–Trinajstić information content (AvgIpc) is 3.24. The Morgan fingerprint density at radius 1 is 0.974 bits per heavy atom. The van der Waals surface area contributed by atoms with Crippen LogP contribution in [-0.4, -0.2) is 76.0 Å². The van der Waals surface area contributed by atoms with Gasteiger partial charge in [-0.05, 0) is 97.9 Å². The van der Waals surface area contributed by atoms with Gasteiger partial charge in [-0.2, -0.15) is 5.10 Å². The number of aromatic amines is 1. The quantitative estimate of drug-likeness (QED) is 0.502. The van der Waals surface area contributed by atoms with Gasteiger partial charge < -0.3 is 14.4 Å². The van der Waals surface area contributed by atoms with Crippen LogP contribution in [0.25, 0.3) is 17.0 Å². The molecule has 4 rings (SSSR count). The lowest BCUT2D eigenvalue weighted by molar-refractivity contribution is -0.156. The number of esters is 1. The highest BCUT2D eigenvalue weighted by Crippen LogP contribution is 2.32. The number of rotatable bonds is 5. The molecule has 2 saturated heterocycles. The number of amides is 1. The Bertz CT molecular complexity index is 1140. The van der Waals surface area contributed by atoms with Crippen molar-refractivity contribution in [3.63, 3.8) is 0 Å². The van der Waals surface area contributed by atoms with E-state index in [1.165, 1.54) is 5.39 Å². The number of aromatic nitrogens is 2. The van der Waals surface area contributed by atoms with Gasteiger partial charge in [0.25, 0.3) is 0 Å². The van der Waals surface area contributed by atoms with Gasteiger partial charge in [-0.1, -0.05) is 24.3 Å². The summed E-state index contributed by atoms with van der Waals surface area (Å²) in [4.78, 5) is 28.5. The molecule has 1 N–H and O–H groups in total. The van der Waals surface area contributed by atoms with Crippen molar-refractivity contribution < 1.29 is 19.1 Å². The highest BCUT2D eigenvalue weighted by molar-refractivity contribution is 5.84. The highest BCUT2D eigenvalue weighted by atomic mass is 16.6. The Morgan fingerprint density at radius 2 is 1.63 bits per heavy atom. The van der Waals surface area contributed by atoms with Gasteiger partial charge >= 0.3 is 12.1 Å². The van der Waals surface area contributed by atoms with Crippen molar-refractivity contribution in [3.05, 3.63) is 35.5 Å². The van der Waals surface area contributed by atoms with Crippen molar-refractivity contribution in [1.29, 1.82) is 0 Å². The van der Waals surface area contributed by atoms with Crippen molar-refractivity contribution in [2.24, 2.45) is 5.92 Å². The Hall–Kier alpha value is -2.87. The third-order valence-corrected chi connectivity index (χ3v) is 7.12. The summed E-state index contributed by atoms with van der Waals surface area (Å²) in [5.41, 5.74) is 2.42. The van der Waals surface area contributed by atoms with Crippen LogP contribution < -0.4 is 0 Å². The first kappa shape index (κ1) is 28.1. The smallest absolute Gasteiger partial charge is 0.410 e. The molecule has 2 aromatic rings. The van der Waals surface area contributed by atoms with Crippen LogP contribution in [0.5, 0.6) is 0 Å². The number of fused-ring (bicyclic) bond motifs is 1. The molecule has 0 spiro atoms. The molecule has 8 heteroatoms. The molecule has 2 aliphatic heterocycles. The molecular weight excluding hydrogens is 480 g/mol. The Morgan fingerprint density at radius 3 is 2.26 bits per heavy atom. The Labute approximate surface area is 226 Å². The van der Waals surface area contributed by atoms with Gasteiger partial charge in [-0.25, -0.2) is 4.79 Å². The first-order chi connectivity index (χ1) is 17.9. The minimum Gasteiger partial charge on any atom is -0.459 e. The largest absolute Gasteiger partial charge is 0.459 e. The molecule has 8 nitrogen and oxygen atoms in total. The zero-order valence-electron chi connectivity index (χ0n) is 23.9. The van der Waals surface area contributed by atoms with Gasteiger partial charge in [0.2, 0.25) is 0 Å². The van der Waals surface area contributed by atoms with E-state index in [0.717, 1.165) is 68.6 Å². The van der Waals surface area contributed by atoms with Crippen LogP contribution in [-0.2, 0) is 14.3 Å². The van der Waals surface area contributed by atoms with Crippen LogP contribution >= 0.6 is 0 Å². The van der Waals surface area contributed by atoms with Crippen molar-refractivity contribution >= 4 is 29.0 Å². The molecular formula is C30H44N4O4. The first-order valence-corrected chi connectivity index (χ1v) is 13.9. The maximum Gasteiger partial charge on any atom is 0.410 e. The van der Waals surface area contributed by atoms with E-state index >= 15 is 0 Å². The summed E-state index contributed by atoms with van der Waals surface area (Å²) in [5.74, 6) is 0.679. The van der Waals surface area contributed by atoms with Gasteiger partial charge in [0, 0.05) is 24.4 Å². The van der Waals surface area contributed by atoms with Crippen LogP contribution in [0.3, 0.4) is 0 Å². The minimum absolute atomic E-state index is 0.157. The molecule has 1 amide bonds. The van der Waals surface area contributed by atoms with Gasteiger partial charge in [-0.3, -0.25) is 14.8 Å². The van der Waals surface area contributed by atoms with E-state index in [4.69, 9.17) is 9.47 Å². The molecule has 0 saturated carbocycles. The molecule has 0 atom stereocenters. The second-order valence-corrected chi connectivity index (χ2v) is 12.7. The summed E-state index contributed by atoms with van der Waals surface area (Å²) in [6, 6.07) is 6.49. The Balaban J connectivity index is 1.29. The molecule has 1 aromatic heterocycles. The lowest BCUT2D eigenvalue weighted by Crippen LogP contribution is -2.41. The average molecular weight is 525 g/mol. The van der Waals surface area contributed by atoms with Crippen molar-refractivity contribution in [2.45, 2.75) is 84.3 Å². The molecule has 1 aromatic carbocycles. The van der Waals surface area contributed by atoms with Crippen LogP contribution in [0.1, 0.15) is 84.4 Å². The van der Waals surface area contributed by atoms with Crippen LogP contribution in [0.15, 0.2) is 24.3 Å². The number of H-pyrrole nitrogens is 1. The van der Waals surface area contributed by atoms with Gasteiger partial charge in [0.05, 0.1) is 17.8 Å². The number of hydrogen-bond acceptors (Lipinski definition) is 6. The zero-order valence-corrected chi connectivity index (χ0v) is 23.9. The lowest BCUT2D eigenvalue weighted by Gasteiger charge is -2.32. The molecule has 2 aliphatic rings. The predicted molar refractivity (Wildman–Crippen MR) is 150 cm³/mol. The summed E-state index contributed by atoms with van der Waals surface area (Å²) in [6.07, 6.45) is 8.08. The van der Waals surface area contributed by atoms with E-state index in [-0.39, 0.29) is 12.1 Å². The maximum absolute atomic E-state index is 12.3. The van der Waals surface area contributed by atoms with E-state index in [1.807, 2.05) is 46.4 Å². The fraction of sp³-hybridized carbons (Fsp3) is 0.633. The summed E-state index contributed by atoms with van der Waals surface area (Å²) >= 11 is 0. The Kier molecular flexibility index (Phi) is 8.50. The molecule has 0 radical (unpaired) electrons. The topological polar surface area (TPSA) is 87.8 Å². The number of piperidine rings is 2. The number of likely N-dealkylation sites (tertiary alicyclic amines) is 2. The highest BCUT2D eigenvalue weighted by Gasteiger charge is 2.27. The van der Waals surface area contributed by atoms with Crippen LogP contribution in [0.2, 0.25) is 0 Å². The molecule has 0 aliphatic carbocycles. The third kappa shape index (κ3) is 7.82. The first-order valence-electron chi connectivity index (χ1n) is 13.9. The van der Waals surface area contributed by atoms with E-state index in [9.17, 15) is 9.59 Å². The summed E-state index contributed by atoms with van der Waals surface area (Å²) in [5, 5.41) is 9.11. The van der Waals surface area contributed by atoms with E-state index < -0.39 is 11.2 Å². The SMILES string of the molecule is CC(C)(C)OC(=O)CN1CCC(c2n[nH]c3cc(C=CC4CCN(C(=O)OC(C)(C)C)CC4)ccc23)CC1. The number of nitrogens with zero attached hydrogens (tertiary/aromatic N) is 3. The number of carbonyl (C=O) groups is 2. The molecule has 38 heavy (non-hydrogen) atoms. The maximum atomic E-state index is 12.3. The molecule has 3 heterocycles. The van der Waals surface area contributed by atoms with Crippen LogP contribution in [0, 0.1) is 5.92 Å². The van der Waals surface area contributed by atoms with Gasteiger partial charge in [-0.15, -0.1) is 0 Å². The van der Waals surface area contributed by atoms with E-state index in [1.54, 1.807) is 0 Å². The number of hydrogen-bond donors (Lipinski definition) is 1. The number of benzene rings is 1. The fourth-order valence-corrected chi connectivity index (χ4v) is 5.24. The molecule has 208 valence electrons. The normalized spacial score (nSPS) is 18.8. The number of allylic oxidation sites excluding steroid dienone is 1. The number of ether oxygens (including phenoxy) is 2. The summed E-state index contributed by atoms with van der Waals surface area (Å²) in [6.45, 7) is 14.9. The second-order valence-electron chi connectivity index (χ2n) is 12.7. The molecule has 0 bridgehead atoms. The van der Waals surface area contributed by atoms with Gasteiger partial charge in [0.15, 0.2) is 0 Å². The summed E-state index contributed by atoms with van der Waals surface area (Å²) < 4.78 is 11.0. The molecule has 2 fully saturated rings. The standard InChI is InChI=1S/C30H44N4O4/c1-29(2,3)37-26(35)20-33-15-13-23(14-16-33)27-24-10-9-22(19-25(24)31-32-27)8-7-21-11-17-34(18-12-21)28(36)38-30(4,5)6/h7-10,19,21,23H,11-18,20H2,1-6H3,(H,31,32). The predicted octanol–water partition coefficient (Wildman–Crippen LogP) is 5.74. The fourth-order valence-electron chi connectivity index (χ4n) is 5.24. The van der Waals surface area contributed by atoms with Crippen molar-refractivity contribution in [3.8, 4) is 0 Å². The summed E-state index contributed by atoms with van der Waals surface area (Å²) in [7, 11) is 0. The lowest BCUT2D eigenvalue weighted by atomic mass is 9.91. The van der Waals surface area contributed by atoms with Gasteiger partial charge in [0.1, 0.15) is 11.2 Å². The van der Waals surface area contributed by atoms with E-state index in [0.29, 0.717) is 18.4 Å². The number of nitrogens with one attached hydrogen (secondary N) is 1.